The molecule has 2 amide bonds. The van der Waals surface area contributed by atoms with Gasteiger partial charge < -0.3 is 19.5 Å². The fourth-order valence-electron chi connectivity index (χ4n) is 1.43. The first-order valence-electron chi connectivity index (χ1n) is 6.40. The number of aryl methyl sites for hydroxylation is 1. The van der Waals surface area contributed by atoms with Crippen molar-refractivity contribution in [3.8, 4) is 0 Å². The van der Waals surface area contributed by atoms with Gasteiger partial charge in [0, 0.05) is 13.5 Å². The van der Waals surface area contributed by atoms with Crippen LogP contribution in [0.25, 0.3) is 0 Å². The third kappa shape index (κ3) is 4.91. The molecule has 1 rings (SSSR count). The summed E-state index contributed by atoms with van der Waals surface area (Å²) in [5.41, 5.74) is -0.0684. The molecular weight excluding hydrogens is 262 g/mol. The number of hydrogen-bond acceptors (Lipinski definition) is 5. The SMILES string of the molecule is CCc1oncc1NC(=O)CN(C)C(=O)OC(C)(C)C. The van der Waals surface area contributed by atoms with Crippen LogP contribution in [0, 0.1) is 0 Å². The summed E-state index contributed by atoms with van der Waals surface area (Å²) in [4.78, 5) is 24.7. The van der Waals surface area contributed by atoms with Crippen molar-refractivity contribution in [3.05, 3.63) is 12.0 Å². The van der Waals surface area contributed by atoms with E-state index in [0.717, 1.165) is 0 Å². The zero-order valence-corrected chi connectivity index (χ0v) is 12.5. The standard InChI is InChI=1S/C13H21N3O4/c1-6-10-9(7-14-20-10)15-11(17)8-16(5)12(18)19-13(2,3)4/h7H,6,8H2,1-5H3,(H,15,17). The van der Waals surface area contributed by atoms with Crippen LogP contribution in [0.2, 0.25) is 0 Å². The second kappa shape index (κ2) is 6.40. The second-order valence-corrected chi connectivity index (χ2v) is 5.40. The molecule has 0 spiro atoms. The molecule has 0 saturated carbocycles. The molecule has 0 bridgehead atoms. The third-order valence-electron chi connectivity index (χ3n) is 2.33. The average molecular weight is 283 g/mol. The number of anilines is 1. The van der Waals surface area contributed by atoms with E-state index in [1.54, 1.807) is 20.8 Å². The van der Waals surface area contributed by atoms with Crippen LogP contribution in [0.3, 0.4) is 0 Å². The second-order valence-electron chi connectivity index (χ2n) is 5.40. The van der Waals surface area contributed by atoms with Gasteiger partial charge in [0.1, 0.15) is 17.8 Å². The van der Waals surface area contributed by atoms with Crippen LogP contribution in [0.4, 0.5) is 10.5 Å². The van der Waals surface area contributed by atoms with Crippen LogP contribution in [0.15, 0.2) is 10.7 Å². The molecule has 0 unspecified atom stereocenters. The molecule has 1 N–H and O–H groups in total. The van der Waals surface area contributed by atoms with Crippen molar-refractivity contribution in [2.24, 2.45) is 0 Å². The highest BCUT2D eigenvalue weighted by atomic mass is 16.6. The van der Waals surface area contributed by atoms with Crippen LogP contribution >= 0.6 is 0 Å². The van der Waals surface area contributed by atoms with Gasteiger partial charge in [-0.15, -0.1) is 0 Å². The third-order valence-corrected chi connectivity index (χ3v) is 2.33. The zero-order chi connectivity index (χ0) is 15.3. The molecule has 0 atom stereocenters. The maximum absolute atomic E-state index is 11.8. The Bertz CT molecular complexity index is 476. The lowest BCUT2D eigenvalue weighted by Crippen LogP contribution is -2.38. The predicted molar refractivity (Wildman–Crippen MR) is 73.4 cm³/mol. The summed E-state index contributed by atoms with van der Waals surface area (Å²) in [6.07, 6.45) is 1.51. The van der Waals surface area contributed by atoms with Crippen LogP contribution in [-0.4, -0.2) is 41.3 Å². The van der Waals surface area contributed by atoms with Gasteiger partial charge in [-0.1, -0.05) is 12.1 Å². The Kier molecular flexibility index (Phi) is 5.12. The van der Waals surface area contributed by atoms with Gasteiger partial charge in [-0.2, -0.15) is 0 Å². The minimum atomic E-state index is -0.592. The van der Waals surface area contributed by atoms with Crippen LogP contribution < -0.4 is 5.32 Å². The lowest BCUT2D eigenvalue weighted by Gasteiger charge is -2.24. The summed E-state index contributed by atoms with van der Waals surface area (Å²) in [5.74, 6) is 0.259. The van der Waals surface area contributed by atoms with Crippen molar-refractivity contribution in [2.75, 3.05) is 18.9 Å². The van der Waals surface area contributed by atoms with E-state index in [-0.39, 0.29) is 12.5 Å². The average Bonchev–Trinajstić information content (AvgIpc) is 2.73. The highest BCUT2D eigenvalue weighted by Gasteiger charge is 2.21. The molecule has 20 heavy (non-hydrogen) atoms. The van der Waals surface area contributed by atoms with Gasteiger partial charge in [0.05, 0.1) is 6.20 Å². The number of aromatic nitrogens is 1. The van der Waals surface area contributed by atoms with Gasteiger partial charge in [-0.05, 0) is 20.8 Å². The molecule has 0 aliphatic rings. The first-order chi connectivity index (χ1) is 9.23. The van der Waals surface area contributed by atoms with Crippen LogP contribution in [0.1, 0.15) is 33.5 Å². The van der Waals surface area contributed by atoms with Crippen LogP contribution in [0.5, 0.6) is 0 Å². The first kappa shape index (κ1) is 16.0. The minimum absolute atomic E-state index is 0.108. The zero-order valence-electron chi connectivity index (χ0n) is 12.5. The largest absolute Gasteiger partial charge is 0.444 e. The monoisotopic (exact) mass is 283 g/mol. The Hall–Kier alpha value is -2.05. The van der Waals surface area contributed by atoms with E-state index in [1.165, 1.54) is 18.1 Å². The van der Waals surface area contributed by atoms with Gasteiger partial charge in [-0.25, -0.2) is 4.79 Å². The molecular formula is C13H21N3O4. The van der Waals surface area contributed by atoms with Crippen molar-refractivity contribution in [1.29, 1.82) is 0 Å². The molecule has 1 aromatic heterocycles. The molecule has 0 saturated heterocycles. The lowest BCUT2D eigenvalue weighted by molar-refractivity contribution is -0.117. The summed E-state index contributed by atoms with van der Waals surface area (Å²) < 4.78 is 10.1. The van der Waals surface area contributed by atoms with Crippen molar-refractivity contribution < 1.29 is 18.8 Å². The predicted octanol–water partition coefficient (Wildman–Crippen LogP) is 2.04. The van der Waals surface area contributed by atoms with Gasteiger partial charge in [0.25, 0.3) is 0 Å². The van der Waals surface area contributed by atoms with Crippen molar-refractivity contribution in [3.63, 3.8) is 0 Å². The number of ether oxygens (including phenoxy) is 1. The number of amides is 2. The number of likely N-dealkylation sites (N-methyl/N-ethyl adjacent to an activating group) is 1. The number of hydrogen-bond donors (Lipinski definition) is 1. The lowest BCUT2D eigenvalue weighted by atomic mass is 10.2. The molecule has 0 aromatic carbocycles. The Labute approximate surface area is 118 Å². The maximum atomic E-state index is 11.8. The van der Waals surface area contributed by atoms with Crippen molar-refractivity contribution in [2.45, 2.75) is 39.7 Å². The molecule has 7 nitrogen and oxygen atoms in total. The van der Waals surface area contributed by atoms with Crippen molar-refractivity contribution in [1.82, 2.24) is 10.1 Å². The maximum Gasteiger partial charge on any atom is 0.410 e. The summed E-state index contributed by atoms with van der Waals surface area (Å²) in [6.45, 7) is 7.09. The van der Waals surface area contributed by atoms with E-state index in [1.807, 2.05) is 6.92 Å². The van der Waals surface area contributed by atoms with E-state index < -0.39 is 11.7 Å². The molecule has 0 aliphatic carbocycles. The number of rotatable bonds is 4. The molecule has 0 fully saturated rings. The number of carbonyl (C=O) groups is 2. The highest BCUT2D eigenvalue weighted by Crippen LogP contribution is 2.15. The van der Waals surface area contributed by atoms with Gasteiger partial charge in [0.15, 0.2) is 5.76 Å². The van der Waals surface area contributed by atoms with E-state index in [2.05, 4.69) is 10.5 Å². The Morgan fingerprint density at radius 2 is 2.10 bits per heavy atom. The van der Waals surface area contributed by atoms with E-state index in [4.69, 9.17) is 9.26 Å². The Balaban J connectivity index is 2.52. The molecule has 1 aromatic rings. The number of carbonyl (C=O) groups excluding carboxylic acids is 2. The topological polar surface area (TPSA) is 84.7 Å². The summed E-state index contributed by atoms with van der Waals surface area (Å²) in [7, 11) is 1.50. The van der Waals surface area contributed by atoms with Crippen LogP contribution in [-0.2, 0) is 16.0 Å². The fraction of sp³-hybridized carbons (Fsp3) is 0.615. The van der Waals surface area contributed by atoms with E-state index >= 15 is 0 Å². The summed E-state index contributed by atoms with van der Waals surface area (Å²) in [6, 6.07) is 0. The first-order valence-corrected chi connectivity index (χ1v) is 6.40. The smallest absolute Gasteiger partial charge is 0.410 e. The summed E-state index contributed by atoms with van der Waals surface area (Å²) >= 11 is 0. The Morgan fingerprint density at radius 1 is 1.45 bits per heavy atom. The fourth-order valence-corrected chi connectivity index (χ4v) is 1.43. The van der Waals surface area contributed by atoms with E-state index in [0.29, 0.717) is 17.9 Å². The molecule has 7 heteroatoms. The van der Waals surface area contributed by atoms with E-state index in [9.17, 15) is 9.59 Å². The molecule has 112 valence electrons. The number of nitrogens with zero attached hydrogens (tertiary/aromatic N) is 2. The summed E-state index contributed by atoms with van der Waals surface area (Å²) in [5, 5.41) is 6.26. The van der Waals surface area contributed by atoms with Crippen molar-refractivity contribution >= 4 is 17.7 Å². The molecule has 0 radical (unpaired) electrons. The molecule has 1 heterocycles. The minimum Gasteiger partial charge on any atom is -0.444 e. The Morgan fingerprint density at radius 3 is 2.65 bits per heavy atom. The van der Waals surface area contributed by atoms with Gasteiger partial charge >= 0.3 is 6.09 Å². The quantitative estimate of drug-likeness (QED) is 0.914. The molecule has 0 aliphatic heterocycles. The van der Waals surface area contributed by atoms with Gasteiger partial charge in [0.2, 0.25) is 5.91 Å². The number of nitrogens with one attached hydrogen (secondary N) is 1. The normalized spacial score (nSPS) is 11.1. The van der Waals surface area contributed by atoms with Gasteiger partial charge in [-0.3, -0.25) is 4.79 Å². The highest BCUT2D eigenvalue weighted by molar-refractivity contribution is 5.94.